The number of esters is 3. The van der Waals surface area contributed by atoms with Gasteiger partial charge in [0.1, 0.15) is 13.2 Å². The largest absolute Gasteiger partial charge is 0.462 e. The minimum Gasteiger partial charge on any atom is -0.462 e. The molecule has 0 bridgehead atoms. The molecule has 0 amide bonds. The summed E-state index contributed by atoms with van der Waals surface area (Å²) < 4.78 is 16.8. The van der Waals surface area contributed by atoms with Crippen molar-refractivity contribution in [1.82, 2.24) is 0 Å². The molecule has 0 fully saturated rings. The molecular weight excluding hydrogens is 769 g/mol. The van der Waals surface area contributed by atoms with Gasteiger partial charge in [0, 0.05) is 19.3 Å². The molecule has 0 spiro atoms. The first-order valence-electron chi connectivity index (χ1n) is 26.6. The summed E-state index contributed by atoms with van der Waals surface area (Å²) in [4.78, 5) is 38.0. The molecule has 0 aromatic rings. The molecule has 0 rings (SSSR count). The van der Waals surface area contributed by atoms with Crippen molar-refractivity contribution < 1.29 is 28.6 Å². The SMILES string of the molecule is CC/C=C\C/C=C\C/C=C\C/C=C\CCCCC(=O)O[C@H](COC(=O)CCCCCCCCCCCCC)COC(=O)CCCCCCCCCCCCCCCCCCCC. The zero-order valence-electron chi connectivity index (χ0n) is 41.1. The standard InChI is InChI=1S/C56H100O6/c1-4-7-10-13-16-19-22-24-26-27-28-30-31-34-37-40-43-46-49-55(58)61-52-53(51-60-54(57)48-45-42-39-36-33-21-18-15-12-9-6-3)62-56(59)50-47-44-41-38-35-32-29-25-23-20-17-14-11-8-5-2/h8,11,17,20,25,29,35,38,53H,4-7,9-10,12-16,18-19,21-24,26-28,30-34,36-37,39-52H2,1-3H3/b11-8-,20-17-,29-25-,38-35-/t53-/m1/s1. The van der Waals surface area contributed by atoms with Gasteiger partial charge in [0.05, 0.1) is 0 Å². The first-order valence-corrected chi connectivity index (χ1v) is 26.6. The molecular formula is C56H100O6. The van der Waals surface area contributed by atoms with E-state index in [4.69, 9.17) is 14.2 Å². The summed E-state index contributed by atoms with van der Waals surface area (Å²) in [6.07, 6.45) is 61.0. The van der Waals surface area contributed by atoms with E-state index in [1.807, 2.05) is 0 Å². The summed E-state index contributed by atoms with van der Waals surface area (Å²) in [5.41, 5.74) is 0. The number of hydrogen-bond donors (Lipinski definition) is 0. The number of carbonyl (C=O) groups excluding carboxylic acids is 3. The fraction of sp³-hybridized carbons (Fsp3) is 0.804. The molecule has 0 saturated carbocycles. The Kier molecular flexibility index (Phi) is 48.8. The molecule has 0 unspecified atom stereocenters. The second kappa shape index (κ2) is 51.0. The second-order valence-electron chi connectivity index (χ2n) is 17.8. The lowest BCUT2D eigenvalue weighted by Crippen LogP contribution is -2.30. The summed E-state index contributed by atoms with van der Waals surface area (Å²) in [6, 6.07) is 0. The van der Waals surface area contributed by atoms with E-state index in [1.165, 1.54) is 148 Å². The summed E-state index contributed by atoms with van der Waals surface area (Å²) in [5.74, 6) is -0.918. The molecule has 0 aliphatic rings. The maximum Gasteiger partial charge on any atom is 0.306 e. The van der Waals surface area contributed by atoms with Crippen LogP contribution in [-0.4, -0.2) is 37.2 Å². The van der Waals surface area contributed by atoms with Crippen molar-refractivity contribution in [3.05, 3.63) is 48.6 Å². The molecule has 0 N–H and O–H groups in total. The molecule has 6 nitrogen and oxygen atoms in total. The molecule has 0 aromatic carbocycles. The van der Waals surface area contributed by atoms with E-state index in [-0.39, 0.29) is 37.5 Å². The van der Waals surface area contributed by atoms with Crippen LogP contribution in [0.3, 0.4) is 0 Å². The minimum absolute atomic E-state index is 0.0860. The van der Waals surface area contributed by atoms with Gasteiger partial charge in [-0.2, -0.15) is 0 Å². The predicted octanol–water partition coefficient (Wildman–Crippen LogP) is 17.5. The van der Waals surface area contributed by atoms with Gasteiger partial charge >= 0.3 is 17.9 Å². The lowest BCUT2D eigenvalue weighted by Gasteiger charge is -2.18. The van der Waals surface area contributed by atoms with E-state index < -0.39 is 6.10 Å². The zero-order valence-corrected chi connectivity index (χ0v) is 41.1. The monoisotopic (exact) mass is 869 g/mol. The first-order chi connectivity index (χ1) is 30.5. The van der Waals surface area contributed by atoms with Crippen LogP contribution in [0.4, 0.5) is 0 Å². The van der Waals surface area contributed by atoms with Gasteiger partial charge in [0.25, 0.3) is 0 Å². The number of rotatable bonds is 48. The Morgan fingerprint density at radius 2 is 0.629 bits per heavy atom. The van der Waals surface area contributed by atoms with E-state index in [9.17, 15) is 14.4 Å². The van der Waals surface area contributed by atoms with Crippen LogP contribution < -0.4 is 0 Å². The molecule has 0 aromatic heterocycles. The Balaban J connectivity index is 4.36. The molecule has 0 aliphatic heterocycles. The van der Waals surface area contributed by atoms with Gasteiger partial charge in [-0.25, -0.2) is 0 Å². The molecule has 360 valence electrons. The van der Waals surface area contributed by atoms with Crippen LogP contribution in [0.1, 0.15) is 271 Å². The third-order valence-corrected chi connectivity index (χ3v) is 11.6. The van der Waals surface area contributed by atoms with Crippen molar-refractivity contribution >= 4 is 17.9 Å². The lowest BCUT2D eigenvalue weighted by molar-refractivity contribution is -0.167. The Morgan fingerprint density at radius 3 is 0.984 bits per heavy atom. The Labute approximate surface area is 384 Å². The lowest BCUT2D eigenvalue weighted by atomic mass is 10.0. The molecule has 1 atom stereocenters. The zero-order chi connectivity index (χ0) is 45.1. The van der Waals surface area contributed by atoms with Crippen LogP contribution in [0.5, 0.6) is 0 Å². The summed E-state index contributed by atoms with van der Waals surface area (Å²) in [7, 11) is 0. The highest BCUT2D eigenvalue weighted by atomic mass is 16.6. The molecule has 6 heteroatoms. The molecule has 62 heavy (non-hydrogen) atoms. The highest BCUT2D eigenvalue weighted by Gasteiger charge is 2.19. The van der Waals surface area contributed by atoms with E-state index in [0.29, 0.717) is 19.3 Å². The average Bonchev–Trinajstić information content (AvgIpc) is 3.27. The van der Waals surface area contributed by atoms with Gasteiger partial charge in [0.15, 0.2) is 6.10 Å². The quantitative estimate of drug-likeness (QED) is 0.0262. The van der Waals surface area contributed by atoms with Gasteiger partial charge in [-0.1, -0.05) is 243 Å². The Bertz CT molecular complexity index is 1090. The number of ether oxygens (including phenoxy) is 3. The van der Waals surface area contributed by atoms with Crippen LogP contribution >= 0.6 is 0 Å². The van der Waals surface area contributed by atoms with Gasteiger partial charge in [-0.3, -0.25) is 14.4 Å². The minimum atomic E-state index is -0.789. The van der Waals surface area contributed by atoms with Crippen molar-refractivity contribution in [2.75, 3.05) is 13.2 Å². The fourth-order valence-electron chi connectivity index (χ4n) is 7.61. The molecule has 0 heterocycles. The van der Waals surface area contributed by atoms with Crippen LogP contribution in [0.25, 0.3) is 0 Å². The number of unbranched alkanes of at least 4 members (excludes halogenated alkanes) is 29. The number of hydrogen-bond acceptors (Lipinski definition) is 6. The second-order valence-corrected chi connectivity index (χ2v) is 17.8. The van der Waals surface area contributed by atoms with Crippen LogP contribution in [0, 0.1) is 0 Å². The summed E-state index contributed by atoms with van der Waals surface area (Å²) in [5, 5.41) is 0. The summed E-state index contributed by atoms with van der Waals surface area (Å²) >= 11 is 0. The average molecular weight is 869 g/mol. The third-order valence-electron chi connectivity index (χ3n) is 11.6. The van der Waals surface area contributed by atoms with E-state index in [0.717, 1.165) is 77.0 Å². The van der Waals surface area contributed by atoms with Crippen molar-refractivity contribution in [3.8, 4) is 0 Å². The van der Waals surface area contributed by atoms with E-state index >= 15 is 0 Å². The molecule has 0 aliphatic carbocycles. The smallest absolute Gasteiger partial charge is 0.306 e. The summed E-state index contributed by atoms with van der Waals surface area (Å²) in [6.45, 7) is 6.51. The normalized spacial score (nSPS) is 12.4. The topological polar surface area (TPSA) is 78.9 Å². The van der Waals surface area contributed by atoms with Gasteiger partial charge in [-0.05, 0) is 57.8 Å². The van der Waals surface area contributed by atoms with Gasteiger partial charge in [0.2, 0.25) is 0 Å². The molecule has 0 radical (unpaired) electrons. The van der Waals surface area contributed by atoms with Gasteiger partial charge < -0.3 is 14.2 Å². The predicted molar refractivity (Wildman–Crippen MR) is 265 cm³/mol. The third kappa shape index (κ3) is 48.4. The van der Waals surface area contributed by atoms with E-state index in [1.54, 1.807) is 0 Å². The highest BCUT2D eigenvalue weighted by Crippen LogP contribution is 2.16. The Hall–Kier alpha value is -2.63. The van der Waals surface area contributed by atoms with Crippen LogP contribution in [0.2, 0.25) is 0 Å². The highest BCUT2D eigenvalue weighted by molar-refractivity contribution is 5.71. The van der Waals surface area contributed by atoms with Crippen molar-refractivity contribution in [2.24, 2.45) is 0 Å². The van der Waals surface area contributed by atoms with Crippen LogP contribution in [-0.2, 0) is 28.6 Å². The van der Waals surface area contributed by atoms with Gasteiger partial charge in [-0.15, -0.1) is 0 Å². The maximum absolute atomic E-state index is 12.8. The van der Waals surface area contributed by atoms with Crippen molar-refractivity contribution in [3.63, 3.8) is 0 Å². The maximum atomic E-state index is 12.8. The fourth-order valence-corrected chi connectivity index (χ4v) is 7.61. The number of allylic oxidation sites excluding steroid dienone is 8. The Morgan fingerprint density at radius 1 is 0.339 bits per heavy atom. The van der Waals surface area contributed by atoms with E-state index in [2.05, 4.69) is 69.4 Å². The van der Waals surface area contributed by atoms with Crippen LogP contribution in [0.15, 0.2) is 48.6 Å². The van der Waals surface area contributed by atoms with Crippen molar-refractivity contribution in [1.29, 1.82) is 0 Å². The molecule has 0 saturated heterocycles. The number of carbonyl (C=O) groups is 3. The first kappa shape index (κ1) is 59.4. The van der Waals surface area contributed by atoms with Crippen molar-refractivity contribution in [2.45, 2.75) is 277 Å².